The maximum atomic E-state index is 13.0. The highest BCUT2D eigenvalue weighted by atomic mass is 32.2. The van der Waals surface area contributed by atoms with E-state index in [0.29, 0.717) is 12.1 Å². The average Bonchev–Trinajstić information content (AvgIpc) is 2.53. The predicted molar refractivity (Wildman–Crippen MR) is 107 cm³/mol. The number of nitrogens with one attached hydrogen (secondary N) is 1. The van der Waals surface area contributed by atoms with E-state index in [4.69, 9.17) is 0 Å². The zero-order valence-electron chi connectivity index (χ0n) is 16.2. The molecular weight excluding hydrogens is 348 g/mol. The van der Waals surface area contributed by atoms with Gasteiger partial charge in [0.1, 0.15) is 6.04 Å². The monoisotopic (exact) mass is 380 g/mol. The van der Waals surface area contributed by atoms with Crippen LogP contribution in [-0.4, -0.2) is 32.7 Å². The molecule has 1 atom stereocenters. The molecule has 1 saturated carbocycles. The molecule has 6 heteroatoms. The molecule has 1 fully saturated rings. The first-order valence-electron chi connectivity index (χ1n) is 9.69. The van der Waals surface area contributed by atoms with Crippen molar-refractivity contribution in [2.24, 2.45) is 0 Å². The zero-order valence-corrected chi connectivity index (χ0v) is 17.0. The fourth-order valence-electron chi connectivity index (χ4n) is 3.72. The molecule has 0 unspecified atom stereocenters. The van der Waals surface area contributed by atoms with Crippen molar-refractivity contribution in [1.82, 2.24) is 5.32 Å². The lowest BCUT2D eigenvalue weighted by Gasteiger charge is -2.32. The summed E-state index contributed by atoms with van der Waals surface area (Å²) in [5, 5.41) is 3.13. The van der Waals surface area contributed by atoms with Crippen molar-refractivity contribution < 1.29 is 13.2 Å². The molecule has 1 amide bonds. The van der Waals surface area contributed by atoms with Gasteiger partial charge in [0.05, 0.1) is 11.9 Å². The average molecular weight is 381 g/mol. The highest BCUT2D eigenvalue weighted by Crippen LogP contribution is 2.24. The normalized spacial score (nSPS) is 17.8. The van der Waals surface area contributed by atoms with Crippen LogP contribution in [0.5, 0.6) is 0 Å². The largest absolute Gasteiger partial charge is 0.352 e. The van der Waals surface area contributed by atoms with E-state index in [1.807, 2.05) is 32.0 Å². The molecule has 5 nitrogen and oxygen atoms in total. The van der Waals surface area contributed by atoms with Gasteiger partial charge in [-0.2, -0.15) is 0 Å². The van der Waals surface area contributed by atoms with Gasteiger partial charge in [-0.05, 0) is 43.9 Å². The van der Waals surface area contributed by atoms with E-state index in [0.717, 1.165) is 31.2 Å². The Morgan fingerprint density at radius 1 is 1.19 bits per heavy atom. The van der Waals surface area contributed by atoms with Crippen molar-refractivity contribution in [1.29, 1.82) is 0 Å². The number of carbonyl (C=O) groups is 1. The third-order valence-electron chi connectivity index (χ3n) is 5.04. The number of hydrogen-bond acceptors (Lipinski definition) is 3. The first kappa shape index (κ1) is 20.7. The molecule has 0 radical (unpaired) electrons. The van der Waals surface area contributed by atoms with Crippen molar-refractivity contribution in [2.75, 3.05) is 10.6 Å². The fraction of sp³-hybridized carbons (Fsp3) is 0.650. The quantitative estimate of drug-likeness (QED) is 0.817. The van der Waals surface area contributed by atoms with E-state index in [9.17, 15) is 13.2 Å². The van der Waals surface area contributed by atoms with E-state index in [1.54, 1.807) is 6.07 Å². The molecule has 26 heavy (non-hydrogen) atoms. The van der Waals surface area contributed by atoms with Crippen LogP contribution >= 0.6 is 0 Å². The number of hydrogen-bond donors (Lipinski definition) is 1. The Labute approximate surface area is 158 Å². The van der Waals surface area contributed by atoms with Crippen LogP contribution in [-0.2, 0) is 14.8 Å². The van der Waals surface area contributed by atoms with Gasteiger partial charge in [0.15, 0.2) is 0 Å². The van der Waals surface area contributed by atoms with E-state index >= 15 is 0 Å². The number of anilines is 1. The summed E-state index contributed by atoms with van der Waals surface area (Å²) < 4.78 is 26.2. The van der Waals surface area contributed by atoms with Crippen molar-refractivity contribution in [3.05, 3.63) is 29.8 Å². The molecule has 1 aromatic carbocycles. The molecule has 1 aliphatic carbocycles. The van der Waals surface area contributed by atoms with Crippen molar-refractivity contribution in [3.8, 4) is 0 Å². The van der Waals surface area contributed by atoms with Crippen LogP contribution in [0.1, 0.15) is 63.9 Å². The maximum Gasteiger partial charge on any atom is 0.244 e. The molecule has 1 aromatic rings. The number of amides is 1. The van der Waals surface area contributed by atoms with Crippen LogP contribution in [0.25, 0.3) is 0 Å². The number of aryl methyl sites for hydroxylation is 1. The second kappa shape index (κ2) is 9.40. The summed E-state index contributed by atoms with van der Waals surface area (Å²) in [6.07, 6.45) is 9.49. The van der Waals surface area contributed by atoms with Gasteiger partial charge >= 0.3 is 0 Å². The lowest BCUT2D eigenvalue weighted by molar-refractivity contribution is -0.123. The van der Waals surface area contributed by atoms with Gasteiger partial charge < -0.3 is 5.32 Å². The van der Waals surface area contributed by atoms with Gasteiger partial charge in [-0.3, -0.25) is 9.10 Å². The van der Waals surface area contributed by atoms with Gasteiger partial charge in [0.2, 0.25) is 15.9 Å². The lowest BCUT2D eigenvalue weighted by atomic mass is 9.96. The smallest absolute Gasteiger partial charge is 0.244 e. The van der Waals surface area contributed by atoms with E-state index in [1.165, 1.54) is 29.8 Å². The number of benzene rings is 1. The molecule has 0 heterocycles. The molecule has 146 valence electrons. The van der Waals surface area contributed by atoms with Crippen molar-refractivity contribution in [3.63, 3.8) is 0 Å². The first-order chi connectivity index (χ1) is 12.3. The van der Waals surface area contributed by atoms with Crippen LogP contribution in [0.15, 0.2) is 24.3 Å². The molecule has 0 aliphatic heterocycles. The summed E-state index contributed by atoms with van der Waals surface area (Å²) in [7, 11) is -3.57. The highest BCUT2D eigenvalue weighted by molar-refractivity contribution is 7.92. The van der Waals surface area contributed by atoms with E-state index in [2.05, 4.69) is 5.32 Å². The van der Waals surface area contributed by atoms with Gasteiger partial charge in [-0.15, -0.1) is 0 Å². The Morgan fingerprint density at radius 3 is 2.35 bits per heavy atom. The van der Waals surface area contributed by atoms with E-state index < -0.39 is 16.1 Å². The molecule has 0 aromatic heterocycles. The molecule has 0 saturated heterocycles. The Kier molecular flexibility index (Phi) is 7.50. The highest BCUT2D eigenvalue weighted by Gasteiger charge is 2.32. The second-order valence-corrected chi connectivity index (χ2v) is 9.23. The van der Waals surface area contributed by atoms with Crippen molar-refractivity contribution >= 4 is 21.6 Å². The predicted octanol–water partition coefficient (Wildman–Crippen LogP) is 3.77. The molecular formula is C20H32N2O3S. The first-order valence-corrected chi connectivity index (χ1v) is 11.5. The van der Waals surface area contributed by atoms with Gasteiger partial charge in [-0.1, -0.05) is 51.2 Å². The topological polar surface area (TPSA) is 66.5 Å². The van der Waals surface area contributed by atoms with E-state index in [-0.39, 0.29) is 11.9 Å². The van der Waals surface area contributed by atoms with Crippen LogP contribution < -0.4 is 9.62 Å². The Balaban J connectivity index is 2.22. The minimum Gasteiger partial charge on any atom is -0.352 e. The number of carbonyl (C=O) groups excluding carboxylic acids is 1. The second-order valence-electron chi connectivity index (χ2n) is 7.37. The minimum atomic E-state index is -3.57. The van der Waals surface area contributed by atoms with Crippen LogP contribution in [0.3, 0.4) is 0 Å². The molecule has 1 N–H and O–H groups in total. The Bertz CT molecular complexity index is 695. The summed E-state index contributed by atoms with van der Waals surface area (Å²) in [4.78, 5) is 13.0. The SMILES string of the molecule is CC[C@@H](C(=O)NC1CCCCCCC1)N(c1cccc(C)c1)S(C)(=O)=O. The van der Waals surface area contributed by atoms with Crippen LogP contribution in [0.2, 0.25) is 0 Å². The third kappa shape index (κ3) is 5.73. The summed E-state index contributed by atoms with van der Waals surface area (Å²) >= 11 is 0. The molecule has 1 aliphatic rings. The zero-order chi connectivity index (χ0) is 19.2. The standard InChI is InChI=1S/C20H32N2O3S/c1-4-19(20(23)21-17-12-8-6-5-7-9-13-17)22(26(3,24)25)18-14-10-11-16(2)15-18/h10-11,14-15,17,19H,4-9,12-13H2,1-3H3,(H,21,23)/t19-/m0/s1. The van der Waals surface area contributed by atoms with Crippen molar-refractivity contribution in [2.45, 2.75) is 77.3 Å². The number of nitrogens with zero attached hydrogens (tertiary/aromatic N) is 1. The number of rotatable bonds is 6. The molecule has 0 spiro atoms. The van der Waals surface area contributed by atoms with Gasteiger partial charge in [-0.25, -0.2) is 8.42 Å². The summed E-state index contributed by atoms with van der Waals surface area (Å²) in [6.45, 7) is 3.77. The lowest BCUT2D eigenvalue weighted by Crippen LogP contribution is -2.51. The molecule has 0 bridgehead atoms. The fourth-order valence-corrected chi connectivity index (χ4v) is 4.93. The Morgan fingerprint density at radius 2 is 1.81 bits per heavy atom. The summed E-state index contributed by atoms with van der Waals surface area (Å²) in [5.41, 5.74) is 1.51. The molecule has 2 rings (SSSR count). The summed E-state index contributed by atoms with van der Waals surface area (Å²) in [6, 6.07) is 6.72. The third-order valence-corrected chi connectivity index (χ3v) is 6.22. The van der Waals surface area contributed by atoms with Crippen LogP contribution in [0, 0.1) is 6.92 Å². The Hall–Kier alpha value is -1.56. The van der Waals surface area contributed by atoms with Gasteiger partial charge in [0.25, 0.3) is 0 Å². The van der Waals surface area contributed by atoms with Crippen LogP contribution in [0.4, 0.5) is 5.69 Å². The maximum absolute atomic E-state index is 13.0. The number of sulfonamides is 1. The minimum absolute atomic E-state index is 0.149. The summed E-state index contributed by atoms with van der Waals surface area (Å²) in [5.74, 6) is -0.190. The van der Waals surface area contributed by atoms with Gasteiger partial charge in [0, 0.05) is 6.04 Å².